The van der Waals surface area contributed by atoms with Crippen molar-refractivity contribution in [3.05, 3.63) is 29.5 Å². The SMILES string of the molecule is Cc1nnsc1-c1nc2cc(F)c(F)cc2n1CC(=O)O. The highest BCUT2D eigenvalue weighted by Gasteiger charge is 2.20. The monoisotopic (exact) mass is 310 g/mol. The lowest BCUT2D eigenvalue weighted by Gasteiger charge is -2.04. The lowest BCUT2D eigenvalue weighted by molar-refractivity contribution is -0.137. The highest BCUT2D eigenvalue weighted by molar-refractivity contribution is 7.09. The fourth-order valence-electron chi connectivity index (χ4n) is 2.03. The Bertz CT molecular complexity index is 858. The van der Waals surface area contributed by atoms with Gasteiger partial charge in [0.1, 0.15) is 11.4 Å². The maximum Gasteiger partial charge on any atom is 0.323 e. The van der Waals surface area contributed by atoms with Crippen LogP contribution in [-0.2, 0) is 11.3 Å². The number of carboxylic acid groups (broad SMARTS) is 1. The summed E-state index contributed by atoms with van der Waals surface area (Å²) in [6, 6.07) is 1.88. The van der Waals surface area contributed by atoms with Gasteiger partial charge in [-0.05, 0) is 18.5 Å². The molecule has 2 heterocycles. The van der Waals surface area contributed by atoms with E-state index in [0.717, 1.165) is 23.7 Å². The van der Waals surface area contributed by atoms with Crippen LogP contribution >= 0.6 is 11.5 Å². The molecule has 6 nitrogen and oxygen atoms in total. The van der Waals surface area contributed by atoms with Gasteiger partial charge in [0.15, 0.2) is 17.5 Å². The number of aromatic nitrogens is 4. The molecule has 1 N–H and O–H groups in total. The molecule has 1 aromatic carbocycles. The number of nitrogens with zero attached hydrogens (tertiary/aromatic N) is 4. The summed E-state index contributed by atoms with van der Waals surface area (Å²) in [5.74, 6) is -2.92. The molecule has 108 valence electrons. The molecule has 2 aromatic heterocycles. The molecule has 21 heavy (non-hydrogen) atoms. The largest absolute Gasteiger partial charge is 0.480 e. The number of rotatable bonds is 3. The van der Waals surface area contributed by atoms with E-state index in [-0.39, 0.29) is 16.9 Å². The number of carbonyl (C=O) groups is 1. The van der Waals surface area contributed by atoms with Crippen molar-refractivity contribution in [3.63, 3.8) is 0 Å². The average molecular weight is 310 g/mol. The van der Waals surface area contributed by atoms with Gasteiger partial charge < -0.3 is 9.67 Å². The van der Waals surface area contributed by atoms with Crippen LogP contribution in [0.2, 0.25) is 0 Å². The van der Waals surface area contributed by atoms with E-state index in [2.05, 4.69) is 14.6 Å². The van der Waals surface area contributed by atoms with Crippen molar-refractivity contribution in [2.45, 2.75) is 13.5 Å². The second-order valence-corrected chi connectivity index (χ2v) is 5.11. The Morgan fingerprint density at radius 1 is 1.38 bits per heavy atom. The minimum Gasteiger partial charge on any atom is -0.480 e. The van der Waals surface area contributed by atoms with Crippen molar-refractivity contribution in [2.24, 2.45) is 0 Å². The van der Waals surface area contributed by atoms with Crippen molar-refractivity contribution in [1.82, 2.24) is 19.1 Å². The van der Waals surface area contributed by atoms with E-state index in [1.54, 1.807) is 6.92 Å². The first-order valence-corrected chi connectivity index (χ1v) is 6.61. The van der Waals surface area contributed by atoms with E-state index in [1.807, 2.05) is 0 Å². The number of aliphatic carboxylic acids is 1. The first-order valence-electron chi connectivity index (χ1n) is 5.83. The number of fused-ring (bicyclic) bond motifs is 1. The van der Waals surface area contributed by atoms with Crippen molar-refractivity contribution < 1.29 is 18.7 Å². The second kappa shape index (κ2) is 4.85. The molecule has 0 radical (unpaired) electrons. The molecule has 0 bridgehead atoms. The molecule has 0 unspecified atom stereocenters. The maximum absolute atomic E-state index is 13.4. The highest BCUT2D eigenvalue weighted by Crippen LogP contribution is 2.29. The van der Waals surface area contributed by atoms with Crippen molar-refractivity contribution in [3.8, 4) is 10.7 Å². The summed E-state index contributed by atoms with van der Waals surface area (Å²) in [6.45, 7) is 1.28. The molecule has 0 atom stereocenters. The average Bonchev–Trinajstić information content (AvgIpc) is 2.95. The van der Waals surface area contributed by atoms with Crippen LogP contribution in [0.15, 0.2) is 12.1 Å². The minimum atomic E-state index is -1.12. The summed E-state index contributed by atoms with van der Waals surface area (Å²) in [5, 5.41) is 12.9. The number of benzene rings is 1. The number of hydrogen-bond donors (Lipinski definition) is 1. The second-order valence-electron chi connectivity index (χ2n) is 4.36. The molecular weight excluding hydrogens is 302 g/mol. The summed E-state index contributed by atoms with van der Waals surface area (Å²) < 4.78 is 31.8. The van der Waals surface area contributed by atoms with Gasteiger partial charge in [0.2, 0.25) is 0 Å². The predicted molar refractivity (Wildman–Crippen MR) is 70.9 cm³/mol. The molecule has 0 amide bonds. The topological polar surface area (TPSA) is 80.9 Å². The van der Waals surface area contributed by atoms with E-state index in [4.69, 9.17) is 5.11 Å². The molecule has 0 fully saturated rings. The molecule has 0 aliphatic heterocycles. The van der Waals surface area contributed by atoms with Crippen LogP contribution in [-0.4, -0.2) is 30.2 Å². The Labute approximate surface area is 120 Å². The van der Waals surface area contributed by atoms with Crippen molar-refractivity contribution in [2.75, 3.05) is 0 Å². The van der Waals surface area contributed by atoms with Crippen LogP contribution in [0.3, 0.4) is 0 Å². The Hall–Kier alpha value is -2.42. The van der Waals surface area contributed by atoms with Crippen molar-refractivity contribution in [1.29, 1.82) is 0 Å². The number of aryl methyl sites for hydroxylation is 1. The lowest BCUT2D eigenvalue weighted by atomic mass is 10.3. The van der Waals surface area contributed by atoms with Gasteiger partial charge in [0, 0.05) is 12.1 Å². The molecule has 0 saturated carbocycles. The molecule has 3 rings (SSSR count). The zero-order chi connectivity index (χ0) is 15.1. The van der Waals surface area contributed by atoms with Gasteiger partial charge in [-0.3, -0.25) is 4.79 Å². The first-order chi connectivity index (χ1) is 9.97. The predicted octanol–water partition coefficient (Wildman–Crippen LogP) is 2.23. The summed E-state index contributed by atoms with van der Waals surface area (Å²) in [5.41, 5.74) is 0.958. The third kappa shape index (κ3) is 2.25. The number of carboxylic acids is 1. The summed E-state index contributed by atoms with van der Waals surface area (Å²) >= 11 is 1.04. The van der Waals surface area contributed by atoms with Gasteiger partial charge in [0.25, 0.3) is 0 Å². The van der Waals surface area contributed by atoms with Gasteiger partial charge in [-0.2, -0.15) is 0 Å². The summed E-state index contributed by atoms with van der Waals surface area (Å²) in [4.78, 5) is 15.8. The zero-order valence-electron chi connectivity index (χ0n) is 10.7. The Balaban J connectivity index is 2.33. The van der Waals surface area contributed by atoms with Gasteiger partial charge in [-0.15, -0.1) is 5.10 Å². The first kappa shape index (κ1) is 13.6. The fraction of sp³-hybridized carbons (Fsp3) is 0.167. The Morgan fingerprint density at radius 3 is 2.71 bits per heavy atom. The van der Waals surface area contributed by atoms with Crippen molar-refractivity contribution >= 4 is 28.5 Å². The van der Waals surface area contributed by atoms with Gasteiger partial charge in [0.05, 0.1) is 16.7 Å². The van der Waals surface area contributed by atoms with Crippen LogP contribution < -0.4 is 0 Å². The minimum absolute atomic E-state index is 0.179. The smallest absolute Gasteiger partial charge is 0.323 e. The third-order valence-corrected chi connectivity index (χ3v) is 3.76. The van der Waals surface area contributed by atoms with Crippen LogP contribution in [0.1, 0.15) is 5.69 Å². The van der Waals surface area contributed by atoms with Crippen LogP contribution in [0.5, 0.6) is 0 Å². The van der Waals surface area contributed by atoms with Gasteiger partial charge in [-0.1, -0.05) is 4.49 Å². The van der Waals surface area contributed by atoms with Gasteiger partial charge >= 0.3 is 5.97 Å². The fourth-order valence-corrected chi connectivity index (χ4v) is 2.68. The van der Waals surface area contributed by atoms with Gasteiger partial charge in [-0.25, -0.2) is 13.8 Å². The lowest BCUT2D eigenvalue weighted by Crippen LogP contribution is -2.10. The Kier molecular flexibility index (Phi) is 3.13. The van der Waals surface area contributed by atoms with Crippen LogP contribution in [0.25, 0.3) is 21.7 Å². The molecule has 3 aromatic rings. The van der Waals surface area contributed by atoms with E-state index >= 15 is 0 Å². The molecule has 0 aliphatic rings. The normalized spacial score (nSPS) is 11.2. The number of halogens is 2. The quantitative estimate of drug-likeness (QED) is 0.802. The molecular formula is C12H8F2N4O2S. The van der Waals surface area contributed by atoms with Crippen LogP contribution in [0, 0.1) is 18.6 Å². The zero-order valence-corrected chi connectivity index (χ0v) is 11.5. The van der Waals surface area contributed by atoms with Crippen LogP contribution in [0.4, 0.5) is 8.78 Å². The third-order valence-electron chi connectivity index (χ3n) is 2.94. The molecule has 9 heteroatoms. The molecule has 0 aliphatic carbocycles. The number of hydrogen-bond acceptors (Lipinski definition) is 5. The maximum atomic E-state index is 13.4. The summed E-state index contributed by atoms with van der Waals surface area (Å²) in [7, 11) is 0. The molecule has 0 saturated heterocycles. The van der Waals surface area contributed by atoms with E-state index in [1.165, 1.54) is 4.57 Å². The summed E-state index contributed by atoms with van der Waals surface area (Å²) in [6.07, 6.45) is 0. The highest BCUT2D eigenvalue weighted by atomic mass is 32.1. The molecule has 0 spiro atoms. The Morgan fingerprint density at radius 2 is 2.10 bits per heavy atom. The number of imidazole rings is 1. The standard InChI is InChI=1S/C12H8F2N4O2S/c1-5-11(21-17-16-5)12-15-8-2-6(13)7(14)3-9(8)18(12)4-10(19)20/h2-3H,4H2,1H3,(H,19,20). The van der Waals surface area contributed by atoms with E-state index in [0.29, 0.717) is 10.6 Å². The van der Waals surface area contributed by atoms with E-state index < -0.39 is 24.1 Å². The van der Waals surface area contributed by atoms with E-state index in [9.17, 15) is 13.6 Å².